The number of nitrogens with zero attached hydrogens (tertiary/aromatic N) is 1. The SMILES string of the molecule is CCc1ccc(Oc2cc(C(=O)O)cc(C)n2)c(OC)c1. The first-order chi connectivity index (χ1) is 10.0. The number of aryl methyl sites for hydroxylation is 2. The summed E-state index contributed by atoms with van der Waals surface area (Å²) in [7, 11) is 1.56. The Labute approximate surface area is 123 Å². The first-order valence-corrected chi connectivity index (χ1v) is 6.60. The van der Waals surface area contributed by atoms with Gasteiger partial charge < -0.3 is 14.6 Å². The Balaban J connectivity index is 2.35. The Morgan fingerprint density at radius 3 is 2.62 bits per heavy atom. The quantitative estimate of drug-likeness (QED) is 0.912. The van der Waals surface area contributed by atoms with Crippen LogP contribution >= 0.6 is 0 Å². The fourth-order valence-electron chi connectivity index (χ4n) is 1.94. The molecule has 0 atom stereocenters. The van der Waals surface area contributed by atoms with Crippen LogP contribution in [0.1, 0.15) is 28.5 Å². The number of carboxylic acid groups (broad SMARTS) is 1. The summed E-state index contributed by atoms with van der Waals surface area (Å²) in [4.78, 5) is 15.2. The van der Waals surface area contributed by atoms with Crippen LogP contribution in [-0.2, 0) is 6.42 Å². The lowest BCUT2D eigenvalue weighted by Crippen LogP contribution is -2.00. The highest BCUT2D eigenvalue weighted by atomic mass is 16.5. The largest absolute Gasteiger partial charge is 0.493 e. The number of benzene rings is 1. The maximum absolute atomic E-state index is 11.1. The molecule has 0 amide bonds. The van der Waals surface area contributed by atoms with Gasteiger partial charge in [0, 0.05) is 11.8 Å². The van der Waals surface area contributed by atoms with E-state index in [0.717, 1.165) is 12.0 Å². The maximum Gasteiger partial charge on any atom is 0.335 e. The van der Waals surface area contributed by atoms with E-state index >= 15 is 0 Å². The minimum atomic E-state index is -1.02. The predicted octanol–water partition coefficient (Wildman–Crippen LogP) is 3.45. The Bertz CT molecular complexity index is 667. The number of aromatic nitrogens is 1. The van der Waals surface area contributed by atoms with Gasteiger partial charge in [-0.15, -0.1) is 0 Å². The highest BCUT2D eigenvalue weighted by Crippen LogP contribution is 2.32. The Hall–Kier alpha value is -2.56. The van der Waals surface area contributed by atoms with Gasteiger partial charge in [0.25, 0.3) is 0 Å². The van der Waals surface area contributed by atoms with E-state index in [0.29, 0.717) is 17.2 Å². The molecule has 0 fully saturated rings. The third kappa shape index (κ3) is 3.51. The summed E-state index contributed by atoms with van der Waals surface area (Å²) in [5, 5.41) is 9.06. The van der Waals surface area contributed by atoms with Gasteiger partial charge in [0.15, 0.2) is 11.5 Å². The van der Waals surface area contributed by atoms with Crippen molar-refractivity contribution in [3.8, 4) is 17.4 Å². The lowest BCUT2D eigenvalue weighted by atomic mass is 10.1. The van der Waals surface area contributed by atoms with Gasteiger partial charge in [0.2, 0.25) is 5.88 Å². The lowest BCUT2D eigenvalue weighted by Gasteiger charge is -2.11. The minimum absolute atomic E-state index is 0.140. The molecule has 0 spiro atoms. The van der Waals surface area contributed by atoms with Crippen LogP contribution in [0.15, 0.2) is 30.3 Å². The molecule has 1 heterocycles. The van der Waals surface area contributed by atoms with Gasteiger partial charge in [0.1, 0.15) is 0 Å². The number of hydrogen-bond acceptors (Lipinski definition) is 4. The molecular formula is C16H17NO4. The molecule has 0 aliphatic carbocycles. The van der Waals surface area contributed by atoms with E-state index in [2.05, 4.69) is 11.9 Å². The molecule has 0 saturated carbocycles. The van der Waals surface area contributed by atoms with Gasteiger partial charge in [-0.2, -0.15) is 0 Å². The van der Waals surface area contributed by atoms with Crippen molar-refractivity contribution in [1.82, 2.24) is 4.98 Å². The second-order valence-corrected chi connectivity index (χ2v) is 4.58. The number of aromatic carboxylic acids is 1. The molecule has 2 rings (SSSR count). The molecule has 0 saturated heterocycles. The zero-order chi connectivity index (χ0) is 15.4. The third-order valence-corrected chi connectivity index (χ3v) is 3.03. The molecule has 1 aromatic heterocycles. The third-order valence-electron chi connectivity index (χ3n) is 3.03. The zero-order valence-electron chi connectivity index (χ0n) is 12.2. The predicted molar refractivity (Wildman–Crippen MR) is 78.4 cm³/mol. The molecule has 5 nitrogen and oxygen atoms in total. The van der Waals surface area contributed by atoms with Crippen LogP contribution in [0.4, 0.5) is 0 Å². The minimum Gasteiger partial charge on any atom is -0.493 e. The first-order valence-electron chi connectivity index (χ1n) is 6.60. The zero-order valence-corrected chi connectivity index (χ0v) is 12.2. The van der Waals surface area contributed by atoms with E-state index in [1.165, 1.54) is 12.1 Å². The maximum atomic E-state index is 11.1. The van der Waals surface area contributed by atoms with Gasteiger partial charge in [-0.3, -0.25) is 0 Å². The highest BCUT2D eigenvalue weighted by Gasteiger charge is 2.11. The van der Waals surface area contributed by atoms with E-state index < -0.39 is 5.97 Å². The van der Waals surface area contributed by atoms with Gasteiger partial charge in [-0.1, -0.05) is 13.0 Å². The van der Waals surface area contributed by atoms with Crippen LogP contribution < -0.4 is 9.47 Å². The first kappa shape index (κ1) is 14.8. The van der Waals surface area contributed by atoms with E-state index in [4.69, 9.17) is 14.6 Å². The molecule has 0 bridgehead atoms. The van der Waals surface area contributed by atoms with Crippen molar-refractivity contribution in [3.05, 3.63) is 47.2 Å². The van der Waals surface area contributed by atoms with Gasteiger partial charge >= 0.3 is 5.97 Å². The fourth-order valence-corrected chi connectivity index (χ4v) is 1.94. The van der Waals surface area contributed by atoms with Crippen LogP contribution in [0.5, 0.6) is 17.4 Å². The second kappa shape index (κ2) is 6.26. The van der Waals surface area contributed by atoms with Crippen molar-refractivity contribution in [3.63, 3.8) is 0 Å². The average molecular weight is 287 g/mol. The number of methoxy groups -OCH3 is 1. The number of pyridine rings is 1. The normalized spacial score (nSPS) is 10.2. The summed E-state index contributed by atoms with van der Waals surface area (Å²) < 4.78 is 11.0. The summed E-state index contributed by atoms with van der Waals surface area (Å²) in [6, 6.07) is 8.51. The van der Waals surface area contributed by atoms with Crippen LogP contribution in [0.3, 0.4) is 0 Å². The van der Waals surface area contributed by atoms with Gasteiger partial charge in [-0.25, -0.2) is 9.78 Å². The monoisotopic (exact) mass is 287 g/mol. The summed E-state index contributed by atoms with van der Waals surface area (Å²) in [6.07, 6.45) is 0.891. The molecule has 110 valence electrons. The molecule has 21 heavy (non-hydrogen) atoms. The Kier molecular flexibility index (Phi) is 4.42. The Morgan fingerprint density at radius 2 is 2.00 bits per heavy atom. The Morgan fingerprint density at radius 1 is 1.24 bits per heavy atom. The number of carboxylic acids is 1. The number of ether oxygens (including phenoxy) is 2. The molecule has 5 heteroatoms. The highest BCUT2D eigenvalue weighted by molar-refractivity contribution is 5.88. The van der Waals surface area contributed by atoms with Crippen molar-refractivity contribution < 1.29 is 19.4 Å². The molecule has 2 aromatic rings. The lowest BCUT2D eigenvalue weighted by molar-refractivity contribution is 0.0696. The van der Waals surface area contributed by atoms with Gasteiger partial charge in [-0.05, 0) is 37.1 Å². The van der Waals surface area contributed by atoms with Crippen LogP contribution in [0, 0.1) is 6.92 Å². The average Bonchev–Trinajstić information content (AvgIpc) is 2.47. The molecular weight excluding hydrogens is 270 g/mol. The molecule has 0 unspecified atom stereocenters. The number of hydrogen-bond donors (Lipinski definition) is 1. The summed E-state index contributed by atoms with van der Waals surface area (Å²) in [5.74, 6) is 0.312. The second-order valence-electron chi connectivity index (χ2n) is 4.58. The van der Waals surface area contributed by atoms with Gasteiger partial charge in [0.05, 0.1) is 12.7 Å². The standard InChI is InChI=1S/C16H17NO4/c1-4-11-5-6-13(14(8-11)20-3)21-15-9-12(16(18)19)7-10(2)17-15/h5-9H,4H2,1-3H3,(H,18,19). The van der Waals surface area contributed by atoms with E-state index in [1.54, 1.807) is 20.1 Å². The molecule has 0 aliphatic rings. The van der Waals surface area contributed by atoms with Crippen molar-refractivity contribution >= 4 is 5.97 Å². The smallest absolute Gasteiger partial charge is 0.335 e. The molecule has 0 aliphatic heterocycles. The van der Waals surface area contributed by atoms with Crippen LogP contribution in [-0.4, -0.2) is 23.2 Å². The number of rotatable bonds is 5. The van der Waals surface area contributed by atoms with E-state index in [9.17, 15) is 4.79 Å². The fraction of sp³-hybridized carbons (Fsp3) is 0.250. The molecule has 1 aromatic carbocycles. The summed E-state index contributed by atoms with van der Waals surface area (Å²) >= 11 is 0. The summed E-state index contributed by atoms with van der Waals surface area (Å²) in [5.41, 5.74) is 1.85. The van der Waals surface area contributed by atoms with Crippen molar-refractivity contribution in [2.75, 3.05) is 7.11 Å². The van der Waals surface area contributed by atoms with Crippen molar-refractivity contribution in [1.29, 1.82) is 0 Å². The number of carbonyl (C=O) groups is 1. The van der Waals surface area contributed by atoms with Crippen LogP contribution in [0.2, 0.25) is 0 Å². The summed E-state index contributed by atoms with van der Waals surface area (Å²) in [6.45, 7) is 3.77. The molecule has 1 N–H and O–H groups in total. The van der Waals surface area contributed by atoms with Crippen LogP contribution in [0.25, 0.3) is 0 Å². The van der Waals surface area contributed by atoms with E-state index in [1.807, 2.05) is 12.1 Å². The van der Waals surface area contributed by atoms with Crippen molar-refractivity contribution in [2.24, 2.45) is 0 Å². The molecule has 0 radical (unpaired) electrons. The van der Waals surface area contributed by atoms with E-state index in [-0.39, 0.29) is 11.4 Å². The van der Waals surface area contributed by atoms with Crippen molar-refractivity contribution in [2.45, 2.75) is 20.3 Å². The topological polar surface area (TPSA) is 68.7 Å².